The zero-order valence-corrected chi connectivity index (χ0v) is 21.5. The van der Waals surface area contributed by atoms with Crippen LogP contribution in [-0.2, 0) is 13.0 Å². The Morgan fingerprint density at radius 3 is 2.33 bits per heavy atom. The Balaban J connectivity index is 1.87. The van der Waals surface area contributed by atoms with E-state index in [1.807, 2.05) is 0 Å². The molecule has 3 nitrogen and oxygen atoms in total. The lowest BCUT2D eigenvalue weighted by atomic mass is 9.90. The predicted octanol–water partition coefficient (Wildman–Crippen LogP) is 8.04. The molecule has 2 aromatic carbocycles. The first-order valence-electron chi connectivity index (χ1n) is 13.4. The van der Waals surface area contributed by atoms with Gasteiger partial charge >= 0.3 is 0 Å². The summed E-state index contributed by atoms with van der Waals surface area (Å²) < 4.78 is 12.4. The summed E-state index contributed by atoms with van der Waals surface area (Å²) in [5.74, 6) is 1.88. The van der Waals surface area contributed by atoms with Crippen LogP contribution in [0, 0.1) is 0 Å². The summed E-state index contributed by atoms with van der Waals surface area (Å²) in [5, 5.41) is 0. The minimum absolute atomic E-state index is 0.625. The molecule has 1 aliphatic heterocycles. The van der Waals surface area contributed by atoms with Gasteiger partial charge < -0.3 is 9.47 Å². The minimum Gasteiger partial charge on any atom is -0.493 e. The van der Waals surface area contributed by atoms with Crippen LogP contribution in [0.25, 0.3) is 11.1 Å². The number of hydrogen-bond acceptors (Lipinski definition) is 3. The molecule has 0 fully saturated rings. The van der Waals surface area contributed by atoms with Crippen LogP contribution in [0.3, 0.4) is 0 Å². The van der Waals surface area contributed by atoms with E-state index >= 15 is 0 Å². The Morgan fingerprint density at radius 2 is 1.61 bits per heavy atom. The van der Waals surface area contributed by atoms with E-state index in [0.29, 0.717) is 6.04 Å². The molecule has 0 spiro atoms. The summed E-state index contributed by atoms with van der Waals surface area (Å²) in [6, 6.07) is 13.9. The standard InChI is InChI=1S/C30H45NO2/c1-5-8-10-20-32-26-16-17-28(30(22-26)33-21-11-9-6-2)27-15-12-14-25-18-19-31(23-29(25)27)24(4)13-7-3/h12,14-17,22,24H,5-11,13,18-21,23H2,1-4H3. The van der Waals surface area contributed by atoms with Crippen LogP contribution in [0.5, 0.6) is 11.5 Å². The van der Waals surface area contributed by atoms with Gasteiger partial charge in [-0.05, 0) is 61.4 Å². The zero-order valence-electron chi connectivity index (χ0n) is 21.5. The van der Waals surface area contributed by atoms with Gasteiger partial charge in [-0.25, -0.2) is 0 Å². The van der Waals surface area contributed by atoms with Crippen molar-refractivity contribution in [1.82, 2.24) is 4.90 Å². The molecule has 0 saturated heterocycles. The molecule has 0 amide bonds. The largest absolute Gasteiger partial charge is 0.493 e. The third kappa shape index (κ3) is 7.24. The highest BCUT2D eigenvalue weighted by atomic mass is 16.5. The molecule has 1 unspecified atom stereocenters. The van der Waals surface area contributed by atoms with E-state index in [1.54, 1.807) is 0 Å². The summed E-state index contributed by atoms with van der Waals surface area (Å²) in [6.07, 6.45) is 10.6. The van der Waals surface area contributed by atoms with Gasteiger partial charge in [-0.2, -0.15) is 0 Å². The number of hydrogen-bond donors (Lipinski definition) is 0. The van der Waals surface area contributed by atoms with Gasteiger partial charge in [0.25, 0.3) is 0 Å². The van der Waals surface area contributed by atoms with Crippen molar-refractivity contribution in [3.63, 3.8) is 0 Å². The number of fused-ring (bicyclic) bond motifs is 1. The number of unbranched alkanes of at least 4 members (excludes halogenated alkanes) is 4. The average Bonchev–Trinajstić information content (AvgIpc) is 2.84. The highest BCUT2D eigenvalue weighted by Crippen LogP contribution is 2.38. The Bertz CT molecular complexity index is 847. The van der Waals surface area contributed by atoms with Gasteiger partial charge in [-0.1, -0.05) is 71.1 Å². The maximum atomic E-state index is 6.37. The van der Waals surface area contributed by atoms with Crippen molar-refractivity contribution in [2.24, 2.45) is 0 Å². The Kier molecular flexibility index (Phi) is 10.6. The molecular formula is C30H45NO2. The Morgan fingerprint density at radius 1 is 0.848 bits per heavy atom. The van der Waals surface area contributed by atoms with E-state index in [0.717, 1.165) is 57.1 Å². The van der Waals surface area contributed by atoms with Crippen molar-refractivity contribution < 1.29 is 9.47 Å². The molecule has 3 heteroatoms. The van der Waals surface area contributed by atoms with Crippen LogP contribution >= 0.6 is 0 Å². The van der Waals surface area contributed by atoms with Crippen molar-refractivity contribution in [1.29, 1.82) is 0 Å². The molecule has 0 aromatic heterocycles. The topological polar surface area (TPSA) is 21.7 Å². The van der Waals surface area contributed by atoms with E-state index in [1.165, 1.54) is 60.8 Å². The van der Waals surface area contributed by atoms with Crippen LogP contribution in [-0.4, -0.2) is 30.7 Å². The van der Waals surface area contributed by atoms with Crippen LogP contribution in [0.2, 0.25) is 0 Å². The smallest absolute Gasteiger partial charge is 0.130 e. The van der Waals surface area contributed by atoms with Crippen molar-refractivity contribution in [2.75, 3.05) is 19.8 Å². The molecule has 182 valence electrons. The second-order valence-electron chi connectivity index (χ2n) is 9.57. The first-order chi connectivity index (χ1) is 16.2. The van der Waals surface area contributed by atoms with Crippen LogP contribution in [0.1, 0.15) is 90.2 Å². The predicted molar refractivity (Wildman–Crippen MR) is 140 cm³/mol. The highest BCUT2D eigenvalue weighted by molar-refractivity contribution is 5.75. The summed E-state index contributed by atoms with van der Waals surface area (Å²) in [6.45, 7) is 12.8. The van der Waals surface area contributed by atoms with E-state index in [2.05, 4.69) is 69.0 Å². The monoisotopic (exact) mass is 451 g/mol. The highest BCUT2D eigenvalue weighted by Gasteiger charge is 2.24. The fraction of sp³-hybridized carbons (Fsp3) is 0.600. The lowest BCUT2D eigenvalue weighted by Crippen LogP contribution is -2.37. The molecule has 0 saturated carbocycles. The van der Waals surface area contributed by atoms with Gasteiger partial charge in [-0.3, -0.25) is 4.90 Å². The van der Waals surface area contributed by atoms with Crippen molar-refractivity contribution in [3.05, 3.63) is 47.5 Å². The number of benzene rings is 2. The molecule has 3 rings (SSSR count). The van der Waals surface area contributed by atoms with Gasteiger partial charge in [0.05, 0.1) is 13.2 Å². The Labute approximate surface area is 202 Å². The van der Waals surface area contributed by atoms with Gasteiger partial charge in [0.1, 0.15) is 11.5 Å². The molecule has 0 N–H and O–H groups in total. The first-order valence-corrected chi connectivity index (χ1v) is 13.4. The molecule has 1 heterocycles. The molecule has 33 heavy (non-hydrogen) atoms. The minimum atomic E-state index is 0.625. The zero-order chi connectivity index (χ0) is 23.5. The van der Waals surface area contributed by atoms with Gasteiger partial charge in [-0.15, -0.1) is 0 Å². The summed E-state index contributed by atoms with van der Waals surface area (Å²) >= 11 is 0. The third-order valence-corrected chi connectivity index (χ3v) is 6.90. The maximum Gasteiger partial charge on any atom is 0.130 e. The van der Waals surface area contributed by atoms with Crippen molar-refractivity contribution >= 4 is 0 Å². The number of ether oxygens (including phenoxy) is 2. The first kappa shape index (κ1) is 25.6. The SMILES string of the molecule is CCCCCOc1ccc(-c2cccc3c2CN(C(C)CCC)CC3)c(OCCCCC)c1. The van der Waals surface area contributed by atoms with Crippen LogP contribution in [0.15, 0.2) is 36.4 Å². The number of nitrogens with zero attached hydrogens (tertiary/aromatic N) is 1. The van der Waals surface area contributed by atoms with Crippen LogP contribution < -0.4 is 9.47 Å². The molecule has 0 radical (unpaired) electrons. The maximum absolute atomic E-state index is 6.37. The quantitative estimate of drug-likeness (QED) is 0.271. The van der Waals surface area contributed by atoms with Crippen LogP contribution in [0.4, 0.5) is 0 Å². The van der Waals surface area contributed by atoms with E-state index < -0.39 is 0 Å². The average molecular weight is 452 g/mol. The summed E-state index contributed by atoms with van der Waals surface area (Å²) in [4.78, 5) is 2.66. The normalized spacial score (nSPS) is 14.7. The fourth-order valence-electron chi connectivity index (χ4n) is 4.84. The number of rotatable bonds is 14. The van der Waals surface area contributed by atoms with Crippen molar-refractivity contribution in [3.8, 4) is 22.6 Å². The molecule has 1 atom stereocenters. The molecule has 1 aliphatic rings. The van der Waals surface area contributed by atoms with E-state index in [9.17, 15) is 0 Å². The van der Waals surface area contributed by atoms with E-state index in [-0.39, 0.29) is 0 Å². The lowest BCUT2D eigenvalue weighted by Gasteiger charge is -2.35. The second kappa shape index (κ2) is 13.6. The molecule has 2 aromatic rings. The molecule has 0 bridgehead atoms. The fourth-order valence-corrected chi connectivity index (χ4v) is 4.84. The second-order valence-corrected chi connectivity index (χ2v) is 9.57. The van der Waals surface area contributed by atoms with E-state index in [4.69, 9.17) is 9.47 Å². The van der Waals surface area contributed by atoms with Crippen molar-refractivity contribution in [2.45, 2.75) is 98.1 Å². The summed E-state index contributed by atoms with van der Waals surface area (Å²) in [7, 11) is 0. The van der Waals surface area contributed by atoms with Gasteiger partial charge in [0.2, 0.25) is 0 Å². The summed E-state index contributed by atoms with van der Waals surface area (Å²) in [5.41, 5.74) is 5.49. The van der Waals surface area contributed by atoms with Gasteiger partial charge in [0, 0.05) is 30.8 Å². The van der Waals surface area contributed by atoms with Gasteiger partial charge in [0.15, 0.2) is 0 Å². The Hall–Kier alpha value is -2.00. The molecule has 0 aliphatic carbocycles. The molecular weight excluding hydrogens is 406 g/mol. The third-order valence-electron chi connectivity index (χ3n) is 6.90. The lowest BCUT2D eigenvalue weighted by molar-refractivity contribution is 0.181.